The van der Waals surface area contributed by atoms with Crippen LogP contribution < -0.4 is 0 Å². The lowest BCUT2D eigenvalue weighted by Crippen LogP contribution is -1.83. The zero-order valence-electron chi connectivity index (χ0n) is 11.2. The van der Waals surface area contributed by atoms with E-state index in [0.29, 0.717) is 0 Å². The van der Waals surface area contributed by atoms with Crippen LogP contribution >= 0.6 is 11.8 Å². The van der Waals surface area contributed by atoms with Crippen LogP contribution in [0.25, 0.3) is 10.9 Å². The van der Waals surface area contributed by atoms with E-state index >= 15 is 0 Å². The number of fused-ring (bicyclic) bond motifs is 1. The van der Waals surface area contributed by atoms with Crippen molar-refractivity contribution in [2.24, 2.45) is 0 Å². The second-order valence-corrected chi connectivity index (χ2v) is 5.80. The van der Waals surface area contributed by atoms with E-state index in [2.05, 4.69) is 67.5 Å². The molecular formula is C17H17NS. The summed E-state index contributed by atoms with van der Waals surface area (Å²) >= 11 is 1.85. The largest absolute Gasteiger partial charge is 0.360 e. The number of benzene rings is 2. The van der Waals surface area contributed by atoms with Crippen molar-refractivity contribution < 1.29 is 0 Å². The van der Waals surface area contributed by atoms with Gasteiger partial charge in [-0.15, -0.1) is 0 Å². The Morgan fingerprint density at radius 3 is 2.68 bits per heavy atom. The molecule has 0 aliphatic heterocycles. The Kier molecular flexibility index (Phi) is 3.34. The molecule has 0 amide bonds. The molecule has 0 saturated carbocycles. The van der Waals surface area contributed by atoms with Crippen LogP contribution in [0.3, 0.4) is 0 Å². The van der Waals surface area contributed by atoms with Crippen molar-refractivity contribution >= 4 is 22.7 Å². The lowest BCUT2D eigenvalue weighted by molar-refractivity contribution is 1.08. The van der Waals surface area contributed by atoms with E-state index in [1.807, 2.05) is 11.8 Å². The average molecular weight is 267 g/mol. The first kappa shape index (κ1) is 12.4. The summed E-state index contributed by atoms with van der Waals surface area (Å²) in [5, 5.41) is 1.32. The van der Waals surface area contributed by atoms with Crippen molar-refractivity contribution in [3.05, 3.63) is 59.8 Å². The molecule has 2 aromatic carbocycles. The lowest BCUT2D eigenvalue weighted by Gasteiger charge is -2.06. The fourth-order valence-corrected chi connectivity index (χ4v) is 3.50. The molecule has 3 rings (SSSR count). The molecule has 3 aromatic rings. The molecule has 2 heteroatoms. The molecular weight excluding hydrogens is 250 g/mol. The average Bonchev–Trinajstić information content (AvgIpc) is 2.84. The first-order chi connectivity index (χ1) is 9.29. The topological polar surface area (TPSA) is 15.8 Å². The van der Waals surface area contributed by atoms with Gasteiger partial charge < -0.3 is 4.98 Å². The number of aromatic nitrogens is 1. The first-order valence-electron chi connectivity index (χ1n) is 6.62. The van der Waals surface area contributed by atoms with Gasteiger partial charge in [0, 0.05) is 26.9 Å². The Hall–Kier alpha value is -1.67. The maximum Gasteiger partial charge on any atom is 0.0495 e. The zero-order valence-corrected chi connectivity index (χ0v) is 12.1. The van der Waals surface area contributed by atoms with Crippen molar-refractivity contribution in [1.29, 1.82) is 0 Å². The van der Waals surface area contributed by atoms with Gasteiger partial charge >= 0.3 is 0 Å². The molecule has 1 heterocycles. The summed E-state index contributed by atoms with van der Waals surface area (Å²) in [6, 6.07) is 15.1. The van der Waals surface area contributed by atoms with Gasteiger partial charge in [-0.25, -0.2) is 0 Å². The third-order valence-corrected chi connectivity index (χ3v) is 4.64. The molecule has 0 saturated heterocycles. The molecule has 1 aromatic heterocycles. The minimum Gasteiger partial charge on any atom is -0.360 e. The number of nitrogens with one attached hydrogen (secondary N) is 1. The number of para-hydroxylation sites is 1. The summed E-state index contributed by atoms with van der Waals surface area (Å²) in [6.45, 7) is 4.35. The highest BCUT2D eigenvalue weighted by atomic mass is 32.2. The van der Waals surface area contributed by atoms with E-state index in [0.717, 1.165) is 6.42 Å². The van der Waals surface area contributed by atoms with Gasteiger partial charge in [0.1, 0.15) is 0 Å². The third kappa shape index (κ3) is 2.28. The van der Waals surface area contributed by atoms with Crippen LogP contribution in [0.1, 0.15) is 18.1 Å². The summed E-state index contributed by atoms with van der Waals surface area (Å²) in [6.07, 6.45) is 3.19. The van der Waals surface area contributed by atoms with Gasteiger partial charge in [0.05, 0.1) is 0 Å². The Balaban J connectivity index is 2.04. The van der Waals surface area contributed by atoms with Gasteiger partial charge in [0.2, 0.25) is 0 Å². The van der Waals surface area contributed by atoms with E-state index in [1.54, 1.807) is 0 Å². The standard InChI is InChI=1S/C17H17NS/c1-3-13-8-4-5-10-15(13)19-16-11-18-17-12(2)7-6-9-14(16)17/h4-11,18H,3H2,1-2H3. The lowest BCUT2D eigenvalue weighted by atomic mass is 10.2. The molecule has 1 N–H and O–H groups in total. The van der Waals surface area contributed by atoms with Gasteiger partial charge in [0.25, 0.3) is 0 Å². The maximum absolute atomic E-state index is 3.39. The predicted molar refractivity (Wildman–Crippen MR) is 83.0 cm³/mol. The molecule has 0 radical (unpaired) electrons. The van der Waals surface area contributed by atoms with Crippen LogP contribution in [0.4, 0.5) is 0 Å². The minimum absolute atomic E-state index is 1.07. The fraction of sp³-hybridized carbons (Fsp3) is 0.176. The number of aryl methyl sites for hydroxylation is 2. The highest BCUT2D eigenvalue weighted by Gasteiger charge is 2.08. The highest BCUT2D eigenvalue weighted by Crippen LogP contribution is 2.36. The summed E-state index contributed by atoms with van der Waals surface area (Å²) < 4.78 is 0. The maximum atomic E-state index is 3.39. The quantitative estimate of drug-likeness (QED) is 0.690. The predicted octanol–water partition coefficient (Wildman–Crippen LogP) is 5.19. The van der Waals surface area contributed by atoms with E-state index in [1.165, 1.54) is 31.8 Å². The summed E-state index contributed by atoms with van der Waals surface area (Å²) in [7, 11) is 0. The van der Waals surface area contributed by atoms with E-state index in [9.17, 15) is 0 Å². The minimum atomic E-state index is 1.07. The summed E-state index contributed by atoms with van der Waals surface area (Å²) in [5.74, 6) is 0. The van der Waals surface area contributed by atoms with E-state index in [-0.39, 0.29) is 0 Å². The Morgan fingerprint density at radius 1 is 1.00 bits per heavy atom. The Labute approximate surface area is 118 Å². The van der Waals surface area contributed by atoms with Crippen LogP contribution in [0, 0.1) is 6.92 Å². The molecule has 0 unspecified atom stereocenters. The molecule has 0 spiro atoms. The van der Waals surface area contributed by atoms with Crippen LogP contribution in [0.5, 0.6) is 0 Å². The molecule has 96 valence electrons. The normalized spacial score (nSPS) is 11.1. The van der Waals surface area contributed by atoms with Gasteiger partial charge in [0.15, 0.2) is 0 Å². The molecule has 1 nitrogen and oxygen atoms in total. The van der Waals surface area contributed by atoms with Crippen LogP contribution in [0.2, 0.25) is 0 Å². The number of rotatable bonds is 3. The van der Waals surface area contributed by atoms with Gasteiger partial charge in [-0.2, -0.15) is 0 Å². The highest BCUT2D eigenvalue weighted by molar-refractivity contribution is 7.99. The monoisotopic (exact) mass is 267 g/mol. The summed E-state index contributed by atoms with van der Waals surface area (Å²) in [5.41, 5.74) is 3.96. The Bertz CT molecular complexity index is 712. The number of aromatic amines is 1. The smallest absolute Gasteiger partial charge is 0.0495 e. The van der Waals surface area contributed by atoms with Crippen molar-refractivity contribution in [3.63, 3.8) is 0 Å². The van der Waals surface area contributed by atoms with Crippen LogP contribution in [-0.4, -0.2) is 4.98 Å². The first-order valence-corrected chi connectivity index (χ1v) is 7.43. The molecule has 0 bridgehead atoms. The fourth-order valence-electron chi connectivity index (χ4n) is 2.38. The zero-order chi connectivity index (χ0) is 13.2. The van der Waals surface area contributed by atoms with Gasteiger partial charge in [-0.1, -0.05) is 55.1 Å². The molecule has 0 fully saturated rings. The van der Waals surface area contributed by atoms with Crippen molar-refractivity contribution in [3.8, 4) is 0 Å². The Morgan fingerprint density at radius 2 is 1.84 bits per heavy atom. The third-order valence-electron chi connectivity index (χ3n) is 3.46. The van der Waals surface area contributed by atoms with E-state index in [4.69, 9.17) is 0 Å². The molecule has 0 aliphatic carbocycles. The summed E-state index contributed by atoms with van der Waals surface area (Å²) in [4.78, 5) is 6.05. The van der Waals surface area contributed by atoms with Crippen LogP contribution in [-0.2, 0) is 6.42 Å². The van der Waals surface area contributed by atoms with Crippen molar-refractivity contribution in [1.82, 2.24) is 4.98 Å². The second-order valence-electron chi connectivity index (χ2n) is 4.71. The second kappa shape index (κ2) is 5.14. The number of hydrogen-bond acceptors (Lipinski definition) is 1. The SMILES string of the molecule is CCc1ccccc1Sc1c[nH]c2c(C)cccc12. The van der Waals surface area contributed by atoms with Crippen LogP contribution in [0.15, 0.2) is 58.5 Å². The van der Waals surface area contributed by atoms with Gasteiger partial charge in [-0.3, -0.25) is 0 Å². The van der Waals surface area contributed by atoms with E-state index < -0.39 is 0 Å². The molecule has 0 aliphatic rings. The van der Waals surface area contributed by atoms with Crippen molar-refractivity contribution in [2.45, 2.75) is 30.1 Å². The number of H-pyrrole nitrogens is 1. The molecule has 19 heavy (non-hydrogen) atoms. The molecule has 0 atom stereocenters. The number of hydrogen-bond donors (Lipinski definition) is 1. The van der Waals surface area contributed by atoms with Crippen molar-refractivity contribution in [2.75, 3.05) is 0 Å². The van der Waals surface area contributed by atoms with Gasteiger partial charge in [-0.05, 0) is 30.5 Å².